The summed E-state index contributed by atoms with van der Waals surface area (Å²) in [7, 11) is -0.734. The summed E-state index contributed by atoms with van der Waals surface area (Å²) < 4.78 is 46.9. The summed E-state index contributed by atoms with van der Waals surface area (Å²) in [6, 6.07) is 9.59. The molecule has 1 heterocycles. The van der Waals surface area contributed by atoms with Gasteiger partial charge in [-0.05, 0) is 24.3 Å². The second-order valence-electron chi connectivity index (χ2n) is 6.22. The fourth-order valence-electron chi connectivity index (χ4n) is 2.83. The summed E-state index contributed by atoms with van der Waals surface area (Å²) in [5, 5.41) is 2.67. The molecule has 0 atom stereocenters. The lowest BCUT2D eigenvalue weighted by Crippen LogP contribution is -2.37. The van der Waals surface area contributed by atoms with Gasteiger partial charge in [0.25, 0.3) is 0 Å². The fraction of sp³-hybridized carbons (Fsp3) is 0.316. The molecule has 0 unspecified atom stereocenters. The van der Waals surface area contributed by atoms with Crippen LogP contribution in [0.5, 0.6) is 23.0 Å². The zero-order chi connectivity index (χ0) is 21.0. The number of anilines is 2. The van der Waals surface area contributed by atoms with Crippen LogP contribution >= 0.6 is 0 Å². The Morgan fingerprint density at radius 3 is 2.38 bits per heavy atom. The van der Waals surface area contributed by atoms with Crippen LogP contribution in [0.2, 0.25) is 0 Å². The minimum absolute atomic E-state index is 0.305. The topological polar surface area (TPSA) is 103 Å². The summed E-state index contributed by atoms with van der Waals surface area (Å²) in [6.45, 7) is 0.387. The van der Waals surface area contributed by atoms with Crippen LogP contribution in [0.4, 0.5) is 11.4 Å². The number of sulfonamides is 1. The first-order valence-corrected chi connectivity index (χ1v) is 10.6. The van der Waals surface area contributed by atoms with E-state index in [0.29, 0.717) is 47.6 Å². The first-order chi connectivity index (χ1) is 13.8. The molecule has 156 valence electrons. The molecular weight excluding hydrogens is 400 g/mol. The fourth-order valence-corrected chi connectivity index (χ4v) is 3.68. The maximum absolute atomic E-state index is 12.5. The molecule has 0 aliphatic carbocycles. The largest absolute Gasteiger partial charge is 0.493 e. The molecule has 29 heavy (non-hydrogen) atoms. The maximum atomic E-state index is 12.5. The van der Waals surface area contributed by atoms with E-state index < -0.39 is 22.5 Å². The van der Waals surface area contributed by atoms with Crippen molar-refractivity contribution in [3.8, 4) is 23.0 Å². The third-order valence-electron chi connectivity index (χ3n) is 4.17. The van der Waals surface area contributed by atoms with Gasteiger partial charge < -0.3 is 24.3 Å². The van der Waals surface area contributed by atoms with E-state index in [1.165, 1.54) is 14.2 Å². The molecule has 3 rings (SSSR count). The Bertz CT molecular complexity index is 1010. The Morgan fingerprint density at radius 2 is 1.72 bits per heavy atom. The van der Waals surface area contributed by atoms with Gasteiger partial charge in [-0.1, -0.05) is 0 Å². The molecule has 2 aromatic carbocycles. The predicted octanol–water partition coefficient (Wildman–Crippen LogP) is 1.88. The standard InChI is InChI=1S/C19H22N2O7S/c1-25-15-6-4-13(10-17(15)26-2)20-19(22)12-21(29(3,23)24)14-5-7-16-18(11-14)28-9-8-27-16/h4-7,10-11H,8-9,12H2,1-3H3,(H,20,22). The van der Waals surface area contributed by atoms with E-state index in [9.17, 15) is 13.2 Å². The highest BCUT2D eigenvalue weighted by atomic mass is 32.2. The normalized spacial score (nSPS) is 12.8. The van der Waals surface area contributed by atoms with Gasteiger partial charge in [0.15, 0.2) is 23.0 Å². The van der Waals surface area contributed by atoms with Gasteiger partial charge in [-0.2, -0.15) is 0 Å². The van der Waals surface area contributed by atoms with Crippen LogP contribution in [0, 0.1) is 0 Å². The summed E-state index contributed by atoms with van der Waals surface area (Å²) in [5.74, 6) is 1.40. The summed E-state index contributed by atoms with van der Waals surface area (Å²) >= 11 is 0. The van der Waals surface area contributed by atoms with E-state index in [4.69, 9.17) is 18.9 Å². The van der Waals surface area contributed by atoms with Crippen LogP contribution in [0.3, 0.4) is 0 Å². The number of rotatable bonds is 7. The summed E-state index contributed by atoms with van der Waals surface area (Å²) in [6.07, 6.45) is 1.04. The number of nitrogens with zero attached hydrogens (tertiary/aromatic N) is 1. The molecule has 1 aliphatic rings. The first kappa shape index (κ1) is 20.6. The van der Waals surface area contributed by atoms with Gasteiger partial charge in [0.05, 0.1) is 26.2 Å². The van der Waals surface area contributed by atoms with Crippen molar-refractivity contribution in [2.75, 3.05) is 49.9 Å². The van der Waals surface area contributed by atoms with Crippen LogP contribution in [0.25, 0.3) is 0 Å². The van der Waals surface area contributed by atoms with Gasteiger partial charge in [-0.15, -0.1) is 0 Å². The van der Waals surface area contributed by atoms with Crippen molar-refractivity contribution in [2.45, 2.75) is 0 Å². The van der Waals surface area contributed by atoms with Crippen LogP contribution in [-0.2, 0) is 14.8 Å². The lowest BCUT2D eigenvalue weighted by molar-refractivity contribution is -0.114. The van der Waals surface area contributed by atoms with E-state index >= 15 is 0 Å². The molecule has 0 spiro atoms. The highest BCUT2D eigenvalue weighted by Gasteiger charge is 2.23. The molecule has 0 bridgehead atoms. The molecule has 1 aliphatic heterocycles. The van der Waals surface area contributed by atoms with E-state index in [1.54, 1.807) is 36.4 Å². The third kappa shape index (κ3) is 4.83. The Kier molecular flexibility index (Phi) is 6.02. The number of fused-ring (bicyclic) bond motifs is 1. The number of carbonyl (C=O) groups is 1. The Hall–Kier alpha value is -3.14. The highest BCUT2D eigenvalue weighted by Crippen LogP contribution is 2.35. The van der Waals surface area contributed by atoms with Gasteiger partial charge in [-0.25, -0.2) is 8.42 Å². The van der Waals surface area contributed by atoms with Gasteiger partial charge in [0.1, 0.15) is 19.8 Å². The average molecular weight is 422 g/mol. The lowest BCUT2D eigenvalue weighted by Gasteiger charge is -2.24. The zero-order valence-electron chi connectivity index (χ0n) is 16.3. The monoisotopic (exact) mass is 422 g/mol. The maximum Gasteiger partial charge on any atom is 0.245 e. The minimum atomic E-state index is -3.72. The molecule has 10 heteroatoms. The highest BCUT2D eigenvalue weighted by molar-refractivity contribution is 7.92. The van der Waals surface area contributed by atoms with E-state index in [1.807, 2.05) is 0 Å². The van der Waals surface area contributed by atoms with Crippen LogP contribution in [0.15, 0.2) is 36.4 Å². The molecule has 0 fully saturated rings. The number of hydrogen-bond acceptors (Lipinski definition) is 7. The van der Waals surface area contributed by atoms with Crippen molar-refractivity contribution in [1.82, 2.24) is 0 Å². The number of nitrogens with one attached hydrogen (secondary N) is 1. The van der Waals surface area contributed by atoms with E-state index in [0.717, 1.165) is 10.6 Å². The number of carbonyl (C=O) groups excluding carboxylic acids is 1. The molecule has 9 nitrogen and oxygen atoms in total. The zero-order valence-corrected chi connectivity index (χ0v) is 17.1. The molecule has 0 aromatic heterocycles. The Balaban J connectivity index is 1.80. The molecule has 1 amide bonds. The predicted molar refractivity (Wildman–Crippen MR) is 108 cm³/mol. The van der Waals surface area contributed by atoms with E-state index in [-0.39, 0.29) is 0 Å². The van der Waals surface area contributed by atoms with Crippen molar-refractivity contribution in [2.24, 2.45) is 0 Å². The average Bonchev–Trinajstić information content (AvgIpc) is 2.70. The van der Waals surface area contributed by atoms with Crippen LogP contribution < -0.4 is 28.6 Å². The summed E-state index contributed by atoms with van der Waals surface area (Å²) in [4.78, 5) is 12.5. The number of amides is 1. The van der Waals surface area contributed by atoms with Crippen molar-refractivity contribution in [1.29, 1.82) is 0 Å². The number of hydrogen-bond donors (Lipinski definition) is 1. The Morgan fingerprint density at radius 1 is 1.03 bits per heavy atom. The lowest BCUT2D eigenvalue weighted by atomic mass is 10.2. The third-order valence-corrected chi connectivity index (χ3v) is 5.31. The molecular formula is C19H22N2O7S. The smallest absolute Gasteiger partial charge is 0.245 e. The minimum Gasteiger partial charge on any atom is -0.493 e. The number of ether oxygens (including phenoxy) is 4. The Labute approximate surface area is 169 Å². The van der Waals surface area contributed by atoms with Crippen LogP contribution in [-0.4, -0.2) is 54.6 Å². The molecule has 1 N–H and O–H groups in total. The van der Waals surface area contributed by atoms with E-state index in [2.05, 4.69) is 5.32 Å². The second-order valence-corrected chi connectivity index (χ2v) is 8.12. The van der Waals surface area contributed by atoms with Gasteiger partial charge >= 0.3 is 0 Å². The summed E-state index contributed by atoms with van der Waals surface area (Å²) in [5.41, 5.74) is 0.752. The van der Waals surface area contributed by atoms with Crippen molar-refractivity contribution < 1.29 is 32.2 Å². The first-order valence-electron chi connectivity index (χ1n) is 8.71. The van der Waals surface area contributed by atoms with Crippen molar-refractivity contribution in [3.05, 3.63) is 36.4 Å². The van der Waals surface area contributed by atoms with Crippen LogP contribution in [0.1, 0.15) is 0 Å². The van der Waals surface area contributed by atoms with Gasteiger partial charge in [0.2, 0.25) is 15.9 Å². The molecule has 2 aromatic rings. The van der Waals surface area contributed by atoms with Gasteiger partial charge in [0, 0.05) is 17.8 Å². The van der Waals surface area contributed by atoms with Gasteiger partial charge in [-0.3, -0.25) is 9.10 Å². The van der Waals surface area contributed by atoms with Crippen molar-refractivity contribution >= 4 is 27.3 Å². The molecule has 0 radical (unpaired) electrons. The quantitative estimate of drug-likeness (QED) is 0.727. The SMILES string of the molecule is COc1ccc(NC(=O)CN(c2ccc3c(c2)OCCO3)S(C)(=O)=O)cc1OC. The number of benzene rings is 2. The second kappa shape index (κ2) is 8.48. The molecule has 0 saturated carbocycles. The molecule has 0 saturated heterocycles. The van der Waals surface area contributed by atoms with Crippen molar-refractivity contribution in [3.63, 3.8) is 0 Å². The number of methoxy groups -OCH3 is 2.